The Labute approximate surface area is 213 Å². The highest BCUT2D eigenvalue weighted by atomic mass is 32.2. The van der Waals surface area contributed by atoms with Gasteiger partial charge in [0, 0.05) is 26.0 Å². The summed E-state index contributed by atoms with van der Waals surface area (Å²) in [6, 6.07) is -2.50. The number of hydrogen-bond donors (Lipinski definition) is 8. The summed E-state index contributed by atoms with van der Waals surface area (Å²) >= 11 is 1.56. The third-order valence-electron chi connectivity index (χ3n) is 5.79. The molecule has 2 rings (SSSR count). The summed E-state index contributed by atoms with van der Waals surface area (Å²) in [4.78, 5) is 35.9. The van der Waals surface area contributed by atoms with Gasteiger partial charge in [0.1, 0.15) is 48.7 Å². The quantitative estimate of drug-likeness (QED) is 0.118. The molecule has 3 amide bonds. The molecule has 2 saturated heterocycles. The minimum absolute atomic E-state index is 0.169. The fraction of sp³-hybridized carbons (Fsp3) is 0.857. The lowest BCUT2D eigenvalue weighted by Gasteiger charge is -2.48. The molecule has 2 aliphatic rings. The van der Waals surface area contributed by atoms with E-state index in [0.717, 1.165) is 5.75 Å². The van der Waals surface area contributed by atoms with Gasteiger partial charge in [0.05, 0.1) is 13.2 Å². The SMILES string of the molecule is CCSCCC(=O)N[C@@H]1OC(CO)[C@@H](O[C@@H]2OC(CO)[C@@H](O)[C@H](O)C2NC(C)=O)[C@H](O)C1NC(C)=O. The highest BCUT2D eigenvalue weighted by Crippen LogP contribution is 2.29. The van der Waals surface area contributed by atoms with Gasteiger partial charge in [-0.3, -0.25) is 14.4 Å². The topological polar surface area (TPSA) is 216 Å². The van der Waals surface area contributed by atoms with Crippen LogP contribution in [0.25, 0.3) is 0 Å². The predicted molar refractivity (Wildman–Crippen MR) is 125 cm³/mol. The molecule has 0 aliphatic carbocycles. The largest absolute Gasteiger partial charge is 0.394 e. The number of aliphatic hydroxyl groups is 5. The van der Waals surface area contributed by atoms with Crippen molar-refractivity contribution in [2.24, 2.45) is 0 Å². The van der Waals surface area contributed by atoms with Gasteiger partial charge in [-0.25, -0.2) is 0 Å². The molecule has 4 unspecified atom stereocenters. The van der Waals surface area contributed by atoms with Crippen LogP contribution in [0.1, 0.15) is 27.2 Å². The zero-order valence-corrected chi connectivity index (χ0v) is 21.2. The molecule has 10 atom stereocenters. The third-order valence-corrected chi connectivity index (χ3v) is 6.69. The molecule has 208 valence electrons. The highest BCUT2D eigenvalue weighted by molar-refractivity contribution is 7.99. The van der Waals surface area contributed by atoms with Crippen LogP contribution in [0, 0.1) is 0 Å². The molecule has 14 nitrogen and oxygen atoms in total. The summed E-state index contributed by atoms with van der Waals surface area (Å²) in [5.74, 6) is -0.110. The first-order valence-corrected chi connectivity index (χ1v) is 12.8. The van der Waals surface area contributed by atoms with Gasteiger partial charge < -0.3 is 55.7 Å². The smallest absolute Gasteiger partial charge is 0.222 e. The van der Waals surface area contributed by atoms with Gasteiger partial charge in [-0.15, -0.1) is 0 Å². The molecule has 2 aliphatic heterocycles. The minimum Gasteiger partial charge on any atom is -0.394 e. The van der Waals surface area contributed by atoms with Crippen LogP contribution in [0.5, 0.6) is 0 Å². The van der Waals surface area contributed by atoms with Crippen LogP contribution in [0.4, 0.5) is 0 Å². The number of aliphatic hydroxyl groups excluding tert-OH is 5. The number of hydrogen-bond acceptors (Lipinski definition) is 12. The summed E-state index contributed by atoms with van der Waals surface area (Å²) in [5, 5.41) is 58.8. The van der Waals surface area contributed by atoms with Crippen LogP contribution in [-0.2, 0) is 28.6 Å². The zero-order chi connectivity index (χ0) is 27.0. The number of carbonyl (C=O) groups is 3. The average Bonchev–Trinajstić information content (AvgIpc) is 2.82. The molecule has 0 aromatic carbocycles. The number of carbonyl (C=O) groups excluding carboxylic acids is 3. The molecular weight excluding hydrogens is 502 g/mol. The molecule has 0 aromatic rings. The number of amides is 3. The second kappa shape index (κ2) is 14.4. The fourth-order valence-corrected chi connectivity index (χ4v) is 4.69. The molecule has 0 spiro atoms. The molecule has 15 heteroatoms. The van der Waals surface area contributed by atoms with Crippen molar-refractivity contribution >= 4 is 29.5 Å². The number of nitrogens with one attached hydrogen (secondary N) is 3. The molecule has 2 fully saturated rings. The first-order valence-electron chi connectivity index (χ1n) is 11.7. The zero-order valence-electron chi connectivity index (χ0n) is 20.4. The third kappa shape index (κ3) is 7.97. The van der Waals surface area contributed by atoms with E-state index in [2.05, 4.69) is 16.0 Å². The van der Waals surface area contributed by atoms with Crippen LogP contribution in [0.2, 0.25) is 0 Å². The highest BCUT2D eigenvalue weighted by Gasteiger charge is 2.51. The van der Waals surface area contributed by atoms with Crippen molar-refractivity contribution in [1.82, 2.24) is 16.0 Å². The fourth-order valence-electron chi connectivity index (χ4n) is 4.07. The van der Waals surface area contributed by atoms with Gasteiger partial charge in [0.2, 0.25) is 17.7 Å². The van der Waals surface area contributed by atoms with Crippen LogP contribution >= 0.6 is 11.8 Å². The van der Waals surface area contributed by atoms with E-state index in [0.29, 0.717) is 5.75 Å². The van der Waals surface area contributed by atoms with E-state index in [9.17, 15) is 39.9 Å². The molecular formula is C21H37N3O11S. The average molecular weight is 540 g/mol. The predicted octanol–water partition coefficient (Wildman–Crippen LogP) is -3.84. The molecule has 0 radical (unpaired) electrons. The first kappa shape index (κ1) is 30.7. The Bertz CT molecular complexity index is 748. The molecule has 0 bridgehead atoms. The number of ether oxygens (including phenoxy) is 3. The van der Waals surface area contributed by atoms with Gasteiger partial charge >= 0.3 is 0 Å². The standard InChI is InChI=1S/C21H37N3O11S/c1-4-36-6-5-13(29)24-20-14(22-9(2)27)18(32)19(12(8-26)33-20)35-21-15(23-10(3)28)17(31)16(30)11(7-25)34-21/h11-12,14-21,25-26,30-32H,4-8H2,1-3H3,(H,22,27)(H,23,28)(H,24,29)/t11?,12?,14?,15?,16-,17-,18-,19-,20-,21+/m1/s1. The van der Waals surface area contributed by atoms with Gasteiger partial charge in [0.15, 0.2) is 12.5 Å². The number of thioether (sulfide) groups is 1. The molecule has 36 heavy (non-hydrogen) atoms. The maximum absolute atomic E-state index is 12.4. The van der Waals surface area contributed by atoms with Gasteiger partial charge in [-0.05, 0) is 5.75 Å². The van der Waals surface area contributed by atoms with E-state index in [1.807, 2.05) is 6.92 Å². The maximum atomic E-state index is 12.4. The second-order valence-corrected chi connectivity index (χ2v) is 9.94. The summed E-state index contributed by atoms with van der Waals surface area (Å²) in [6.45, 7) is 2.98. The molecule has 0 aromatic heterocycles. The van der Waals surface area contributed by atoms with Crippen LogP contribution < -0.4 is 16.0 Å². The Balaban J connectivity index is 2.26. The Kier molecular flexibility index (Phi) is 12.3. The van der Waals surface area contributed by atoms with Gasteiger partial charge in [-0.1, -0.05) is 6.92 Å². The summed E-state index contributed by atoms with van der Waals surface area (Å²) in [6.07, 6.45) is -11.1. The molecule has 0 saturated carbocycles. The lowest BCUT2D eigenvalue weighted by Crippen LogP contribution is -2.71. The maximum Gasteiger partial charge on any atom is 0.222 e. The van der Waals surface area contributed by atoms with Crippen molar-refractivity contribution in [3.8, 4) is 0 Å². The summed E-state index contributed by atoms with van der Waals surface area (Å²) < 4.78 is 17.1. The van der Waals surface area contributed by atoms with Crippen molar-refractivity contribution in [3.63, 3.8) is 0 Å². The summed E-state index contributed by atoms with van der Waals surface area (Å²) in [7, 11) is 0. The van der Waals surface area contributed by atoms with Crippen molar-refractivity contribution in [2.75, 3.05) is 24.7 Å². The van der Waals surface area contributed by atoms with E-state index in [-0.39, 0.29) is 12.3 Å². The first-order chi connectivity index (χ1) is 17.0. The van der Waals surface area contributed by atoms with Gasteiger partial charge in [0.25, 0.3) is 0 Å². The van der Waals surface area contributed by atoms with Crippen molar-refractivity contribution in [1.29, 1.82) is 0 Å². The van der Waals surface area contributed by atoms with Crippen LogP contribution in [0.3, 0.4) is 0 Å². The molecule has 8 N–H and O–H groups in total. The Morgan fingerprint density at radius 2 is 1.47 bits per heavy atom. The van der Waals surface area contributed by atoms with Crippen LogP contribution in [0.15, 0.2) is 0 Å². The van der Waals surface area contributed by atoms with E-state index in [1.165, 1.54) is 13.8 Å². The van der Waals surface area contributed by atoms with E-state index in [1.54, 1.807) is 11.8 Å². The normalized spacial score (nSPS) is 36.7. The van der Waals surface area contributed by atoms with Gasteiger partial charge in [-0.2, -0.15) is 11.8 Å². The minimum atomic E-state index is -1.60. The molecule has 2 heterocycles. The van der Waals surface area contributed by atoms with Crippen molar-refractivity contribution < 1.29 is 54.1 Å². The van der Waals surface area contributed by atoms with Crippen LogP contribution in [-0.4, -0.2) is 129 Å². The van der Waals surface area contributed by atoms with E-state index < -0.39 is 86.3 Å². The van der Waals surface area contributed by atoms with E-state index >= 15 is 0 Å². The lowest BCUT2D eigenvalue weighted by molar-refractivity contribution is -0.315. The Morgan fingerprint density at radius 3 is 2.03 bits per heavy atom. The summed E-state index contributed by atoms with van der Waals surface area (Å²) in [5.41, 5.74) is 0. The Morgan fingerprint density at radius 1 is 0.861 bits per heavy atom. The second-order valence-electron chi connectivity index (χ2n) is 8.54. The lowest BCUT2D eigenvalue weighted by atomic mass is 9.94. The van der Waals surface area contributed by atoms with Crippen molar-refractivity contribution in [2.45, 2.75) is 88.4 Å². The van der Waals surface area contributed by atoms with Crippen molar-refractivity contribution in [3.05, 3.63) is 0 Å². The Hall–Kier alpha value is -1.56. The number of rotatable bonds is 11. The monoisotopic (exact) mass is 539 g/mol. The van der Waals surface area contributed by atoms with E-state index in [4.69, 9.17) is 14.2 Å².